The maximum atomic E-state index is 12.4. The Balaban J connectivity index is 1.52. The Bertz CT molecular complexity index is 1420. The third-order valence-electron chi connectivity index (χ3n) is 5.52. The molecule has 1 amide bonds. The van der Waals surface area contributed by atoms with E-state index in [0.29, 0.717) is 28.5 Å². The van der Waals surface area contributed by atoms with Gasteiger partial charge in [-0.25, -0.2) is 4.52 Å². The molecule has 0 fully saturated rings. The van der Waals surface area contributed by atoms with Crippen LogP contribution in [0.4, 0.5) is 11.4 Å². The van der Waals surface area contributed by atoms with Crippen LogP contribution < -0.4 is 20.1 Å². The predicted octanol–water partition coefficient (Wildman–Crippen LogP) is 4.32. The largest absolute Gasteiger partial charge is 0.474 e. The lowest BCUT2D eigenvalue weighted by Gasteiger charge is -2.26. The first-order chi connectivity index (χ1) is 17.3. The van der Waals surface area contributed by atoms with Crippen LogP contribution in [0.2, 0.25) is 0 Å². The summed E-state index contributed by atoms with van der Waals surface area (Å²) in [7, 11) is 0. The van der Waals surface area contributed by atoms with E-state index in [1.165, 1.54) is 6.20 Å². The first-order valence-corrected chi connectivity index (χ1v) is 11.4. The average Bonchev–Trinajstić information content (AvgIpc) is 3.25. The number of anilines is 2. The van der Waals surface area contributed by atoms with Crippen molar-refractivity contribution in [2.45, 2.75) is 26.4 Å². The van der Waals surface area contributed by atoms with Crippen LogP contribution >= 0.6 is 0 Å². The normalized spacial score (nSPS) is 11.1. The zero-order chi connectivity index (χ0) is 25.7. The molecule has 0 saturated carbocycles. The lowest BCUT2D eigenvalue weighted by Crippen LogP contribution is -2.47. The minimum atomic E-state index is -1.17. The number of hydrogen-bond acceptors (Lipinski definition) is 7. The van der Waals surface area contributed by atoms with Crippen LogP contribution in [0.3, 0.4) is 0 Å². The molecule has 4 aromatic rings. The number of aryl methyl sites for hydroxylation is 1. The predicted molar refractivity (Wildman–Crippen MR) is 136 cm³/mol. The minimum absolute atomic E-state index is 0.148. The number of aliphatic hydroxyl groups is 1. The van der Waals surface area contributed by atoms with Gasteiger partial charge in [-0.05, 0) is 68.8 Å². The van der Waals surface area contributed by atoms with Gasteiger partial charge in [-0.15, -0.1) is 0 Å². The first kappa shape index (κ1) is 24.6. The molecule has 0 aliphatic rings. The van der Waals surface area contributed by atoms with Crippen LogP contribution in [0.25, 0.3) is 5.52 Å². The Morgan fingerprint density at radius 1 is 1.14 bits per heavy atom. The van der Waals surface area contributed by atoms with Gasteiger partial charge in [-0.2, -0.15) is 10.4 Å². The number of nitrogens with zero attached hydrogens (tertiary/aromatic N) is 3. The maximum absolute atomic E-state index is 12.4. The van der Waals surface area contributed by atoms with Gasteiger partial charge < -0.3 is 25.2 Å². The molecule has 2 heterocycles. The molecule has 0 atom stereocenters. The Hall–Kier alpha value is -4.55. The number of benzene rings is 2. The number of aliphatic hydroxyl groups excluding tert-OH is 1. The second-order valence-electron chi connectivity index (χ2n) is 8.63. The molecule has 0 aliphatic carbocycles. The van der Waals surface area contributed by atoms with E-state index in [1.54, 1.807) is 48.7 Å². The lowest BCUT2D eigenvalue weighted by molar-refractivity contribution is -0.134. The lowest BCUT2D eigenvalue weighted by atomic mass is 10.1. The van der Waals surface area contributed by atoms with Crippen LogP contribution in [0, 0.1) is 18.3 Å². The van der Waals surface area contributed by atoms with E-state index in [9.17, 15) is 10.1 Å². The number of amides is 1. The van der Waals surface area contributed by atoms with Gasteiger partial charge >= 0.3 is 0 Å². The Morgan fingerprint density at radius 3 is 2.56 bits per heavy atom. The third-order valence-corrected chi connectivity index (χ3v) is 5.52. The van der Waals surface area contributed by atoms with Crippen molar-refractivity contribution in [2.75, 3.05) is 18.5 Å². The molecule has 184 valence electrons. The Kier molecular flexibility index (Phi) is 7.08. The van der Waals surface area contributed by atoms with E-state index in [0.717, 1.165) is 16.8 Å². The first-order valence-electron chi connectivity index (χ1n) is 11.4. The average molecular weight is 486 g/mol. The number of rotatable bonds is 9. The molecule has 0 aliphatic heterocycles. The van der Waals surface area contributed by atoms with Crippen LogP contribution in [0.1, 0.15) is 25.0 Å². The van der Waals surface area contributed by atoms with Crippen molar-refractivity contribution >= 4 is 22.8 Å². The van der Waals surface area contributed by atoms with Crippen LogP contribution in [0.5, 0.6) is 17.2 Å². The summed E-state index contributed by atoms with van der Waals surface area (Å²) in [6.45, 7) is 5.26. The van der Waals surface area contributed by atoms with Gasteiger partial charge in [0.25, 0.3) is 5.91 Å². The molecule has 0 unspecified atom stereocenters. The Labute approximate surface area is 208 Å². The molecule has 0 radical (unpaired) electrons. The summed E-state index contributed by atoms with van der Waals surface area (Å²) in [4.78, 5) is 12.4. The van der Waals surface area contributed by atoms with Gasteiger partial charge in [0.05, 0.1) is 29.6 Å². The van der Waals surface area contributed by atoms with E-state index in [-0.39, 0.29) is 19.1 Å². The number of carbonyl (C=O) groups excluding carboxylic acids is 1. The third kappa shape index (κ3) is 5.24. The number of fused-ring (bicyclic) bond motifs is 1. The molecule has 9 heteroatoms. The van der Waals surface area contributed by atoms with Crippen LogP contribution in [-0.2, 0) is 4.79 Å². The highest BCUT2D eigenvalue weighted by Crippen LogP contribution is 2.35. The zero-order valence-corrected chi connectivity index (χ0v) is 20.3. The van der Waals surface area contributed by atoms with Gasteiger partial charge in [0.2, 0.25) is 0 Å². The molecule has 2 aromatic heterocycles. The number of nitrogens with one attached hydrogen (secondary N) is 2. The van der Waals surface area contributed by atoms with E-state index in [4.69, 9.17) is 14.6 Å². The summed E-state index contributed by atoms with van der Waals surface area (Å²) in [5, 5.41) is 28.8. The number of aromatic nitrogens is 2. The van der Waals surface area contributed by atoms with Crippen molar-refractivity contribution < 1.29 is 19.4 Å². The second-order valence-corrected chi connectivity index (χ2v) is 8.63. The van der Waals surface area contributed by atoms with Gasteiger partial charge in [0, 0.05) is 18.4 Å². The van der Waals surface area contributed by atoms with Crippen LogP contribution in [0.15, 0.2) is 67.0 Å². The molecule has 0 spiro atoms. The highest BCUT2D eigenvalue weighted by Gasteiger charge is 2.30. The number of nitriles is 1. The highest BCUT2D eigenvalue weighted by atomic mass is 16.5. The molecule has 9 nitrogen and oxygen atoms in total. The van der Waals surface area contributed by atoms with Crippen molar-refractivity contribution in [1.29, 1.82) is 5.26 Å². The Morgan fingerprint density at radius 2 is 1.86 bits per heavy atom. The van der Waals surface area contributed by atoms with Gasteiger partial charge in [0.15, 0.2) is 17.1 Å². The van der Waals surface area contributed by atoms with E-state index in [1.807, 2.05) is 37.4 Å². The van der Waals surface area contributed by atoms with E-state index >= 15 is 0 Å². The fraction of sp³-hybridized carbons (Fsp3) is 0.222. The molecule has 0 saturated heterocycles. The quantitative estimate of drug-likeness (QED) is 0.323. The zero-order valence-electron chi connectivity index (χ0n) is 20.3. The second kappa shape index (κ2) is 10.4. The molecule has 0 bridgehead atoms. The van der Waals surface area contributed by atoms with Crippen molar-refractivity contribution in [2.24, 2.45) is 0 Å². The molecule has 36 heavy (non-hydrogen) atoms. The van der Waals surface area contributed by atoms with E-state index < -0.39 is 5.60 Å². The van der Waals surface area contributed by atoms with Crippen LogP contribution in [-0.4, -0.2) is 39.4 Å². The topological polar surface area (TPSA) is 121 Å². The number of hydrogen-bond donors (Lipinski definition) is 3. The van der Waals surface area contributed by atoms with Crippen molar-refractivity contribution in [3.63, 3.8) is 0 Å². The molecular formula is C27H27N5O4. The van der Waals surface area contributed by atoms with Gasteiger partial charge in [0.1, 0.15) is 11.8 Å². The van der Waals surface area contributed by atoms with Crippen molar-refractivity contribution in [1.82, 2.24) is 14.9 Å². The minimum Gasteiger partial charge on any atom is -0.474 e. The number of para-hydroxylation sites is 2. The number of carbonyl (C=O) groups is 1. The van der Waals surface area contributed by atoms with Gasteiger partial charge in [-0.3, -0.25) is 4.79 Å². The fourth-order valence-electron chi connectivity index (χ4n) is 3.65. The standard InChI is InChI=1S/C27H27N5O4/c1-18-12-14-32-25(18)24(19(16-28)17-30-32)31-20-8-10-21(11-9-20)35-22-6-4-5-7-23(22)36-27(2,3)26(34)29-13-15-33/h4-12,14,17,31,33H,13,15H2,1-3H3,(H,29,34). The van der Waals surface area contributed by atoms with Gasteiger partial charge in [-0.1, -0.05) is 12.1 Å². The monoisotopic (exact) mass is 485 g/mol. The van der Waals surface area contributed by atoms with E-state index in [2.05, 4.69) is 21.8 Å². The van der Waals surface area contributed by atoms with Crippen molar-refractivity contribution in [3.8, 4) is 23.3 Å². The number of ether oxygens (including phenoxy) is 2. The molecular weight excluding hydrogens is 458 g/mol. The fourth-order valence-corrected chi connectivity index (χ4v) is 3.65. The smallest absolute Gasteiger partial charge is 0.263 e. The summed E-state index contributed by atoms with van der Waals surface area (Å²) >= 11 is 0. The van der Waals surface area contributed by atoms with Crippen molar-refractivity contribution in [3.05, 3.63) is 78.1 Å². The SMILES string of the molecule is Cc1ccn2ncc(C#N)c(Nc3ccc(Oc4ccccc4OC(C)(C)C(=O)NCCO)cc3)c12. The summed E-state index contributed by atoms with van der Waals surface area (Å²) in [5.41, 5.74) is 2.58. The molecule has 4 rings (SSSR count). The highest BCUT2D eigenvalue weighted by molar-refractivity contribution is 5.85. The summed E-state index contributed by atoms with van der Waals surface area (Å²) in [6, 6.07) is 18.5. The summed E-state index contributed by atoms with van der Waals surface area (Å²) < 4.78 is 13.8. The summed E-state index contributed by atoms with van der Waals surface area (Å²) in [6.07, 6.45) is 3.39. The maximum Gasteiger partial charge on any atom is 0.263 e. The molecule has 2 aromatic carbocycles. The molecule has 3 N–H and O–H groups in total. The summed E-state index contributed by atoms with van der Waals surface area (Å²) in [5.74, 6) is 1.08.